The van der Waals surface area contributed by atoms with Gasteiger partial charge in [0.25, 0.3) is 15.9 Å². The summed E-state index contributed by atoms with van der Waals surface area (Å²) in [4.78, 5) is 40.4. The molecule has 8 nitrogen and oxygen atoms in total. The Balaban J connectivity index is 1.83. The highest BCUT2D eigenvalue weighted by Crippen LogP contribution is 2.30. The monoisotopic (exact) mass is 485 g/mol. The molecule has 1 aliphatic heterocycles. The summed E-state index contributed by atoms with van der Waals surface area (Å²) in [6.07, 6.45) is 0.950. The number of fused-ring (bicyclic) bond motifs is 1. The van der Waals surface area contributed by atoms with Crippen LogP contribution in [0, 0.1) is 6.92 Å². The lowest BCUT2D eigenvalue weighted by molar-refractivity contribution is -0.141. The van der Waals surface area contributed by atoms with E-state index in [9.17, 15) is 22.8 Å². The highest BCUT2D eigenvalue weighted by atomic mass is 32.2. The first-order chi connectivity index (χ1) is 16.2. The van der Waals surface area contributed by atoms with Crippen molar-refractivity contribution < 1.29 is 22.8 Å². The zero-order chi connectivity index (χ0) is 24.9. The largest absolute Gasteiger partial charge is 0.354 e. The Hall–Kier alpha value is -3.20. The first-order valence-electron chi connectivity index (χ1n) is 11.5. The number of rotatable bonds is 10. The van der Waals surface area contributed by atoms with Gasteiger partial charge in [-0.25, -0.2) is 12.7 Å². The molecule has 0 saturated carbocycles. The summed E-state index contributed by atoms with van der Waals surface area (Å²) in [5.41, 5.74) is 1.99. The SMILES string of the molecule is CCCNC(=O)[C@@H](CC)N(Cc1ccccc1C)C(=O)CCN1C(=O)c2ccccc2S1(=O)=O. The highest BCUT2D eigenvalue weighted by molar-refractivity contribution is 7.90. The number of amides is 3. The topological polar surface area (TPSA) is 104 Å². The van der Waals surface area contributed by atoms with E-state index in [0.29, 0.717) is 13.0 Å². The first-order valence-corrected chi connectivity index (χ1v) is 12.9. The van der Waals surface area contributed by atoms with E-state index >= 15 is 0 Å². The van der Waals surface area contributed by atoms with E-state index in [-0.39, 0.29) is 41.8 Å². The molecule has 2 aromatic rings. The standard InChI is InChI=1S/C25H31N3O5S/c1-4-15-26-24(30)21(5-2)27(17-19-11-7-6-10-18(19)3)23(29)14-16-28-25(31)20-12-8-9-13-22(20)34(28,32)33/h6-13,21H,4-5,14-17H2,1-3H3,(H,26,30)/t21-/m1/s1. The van der Waals surface area contributed by atoms with Gasteiger partial charge in [-0.3, -0.25) is 14.4 Å². The van der Waals surface area contributed by atoms with E-state index in [0.717, 1.165) is 21.9 Å². The van der Waals surface area contributed by atoms with E-state index in [2.05, 4.69) is 5.32 Å². The molecule has 0 fully saturated rings. The van der Waals surface area contributed by atoms with Crippen molar-refractivity contribution in [1.29, 1.82) is 0 Å². The molecule has 182 valence electrons. The molecule has 3 rings (SSSR count). The Morgan fingerprint density at radius 3 is 2.38 bits per heavy atom. The smallest absolute Gasteiger partial charge is 0.269 e. The maximum Gasteiger partial charge on any atom is 0.269 e. The summed E-state index contributed by atoms with van der Waals surface area (Å²) in [5, 5.41) is 2.86. The van der Waals surface area contributed by atoms with Crippen LogP contribution in [0.3, 0.4) is 0 Å². The predicted molar refractivity (Wildman–Crippen MR) is 128 cm³/mol. The van der Waals surface area contributed by atoms with Crippen molar-refractivity contribution in [2.24, 2.45) is 0 Å². The summed E-state index contributed by atoms with van der Waals surface area (Å²) >= 11 is 0. The third kappa shape index (κ3) is 5.14. The second-order valence-electron chi connectivity index (χ2n) is 8.29. The summed E-state index contributed by atoms with van der Waals surface area (Å²) in [6, 6.07) is 12.9. The van der Waals surface area contributed by atoms with Crippen LogP contribution in [0.4, 0.5) is 0 Å². The van der Waals surface area contributed by atoms with Crippen LogP contribution in [0.1, 0.15) is 54.6 Å². The molecule has 1 atom stereocenters. The number of nitrogens with zero attached hydrogens (tertiary/aromatic N) is 2. The highest BCUT2D eigenvalue weighted by Gasteiger charge is 2.41. The normalized spacial score (nSPS) is 15.0. The molecule has 0 aromatic heterocycles. The fraction of sp³-hybridized carbons (Fsp3) is 0.400. The maximum atomic E-state index is 13.4. The lowest BCUT2D eigenvalue weighted by Crippen LogP contribution is -2.49. The molecule has 0 radical (unpaired) electrons. The van der Waals surface area contributed by atoms with Crippen molar-refractivity contribution in [3.63, 3.8) is 0 Å². The van der Waals surface area contributed by atoms with Gasteiger partial charge in [-0.1, -0.05) is 50.2 Å². The van der Waals surface area contributed by atoms with Gasteiger partial charge in [0.1, 0.15) is 10.9 Å². The van der Waals surface area contributed by atoms with Crippen molar-refractivity contribution >= 4 is 27.7 Å². The zero-order valence-electron chi connectivity index (χ0n) is 19.8. The fourth-order valence-corrected chi connectivity index (χ4v) is 5.62. The molecule has 9 heteroatoms. The van der Waals surface area contributed by atoms with Gasteiger partial charge in [0, 0.05) is 26.1 Å². The summed E-state index contributed by atoms with van der Waals surface area (Å²) in [5.74, 6) is -1.27. The predicted octanol–water partition coefficient (Wildman–Crippen LogP) is 2.86. The summed E-state index contributed by atoms with van der Waals surface area (Å²) < 4.78 is 26.4. The van der Waals surface area contributed by atoms with Crippen LogP contribution in [-0.4, -0.2) is 54.5 Å². The quantitative estimate of drug-likeness (QED) is 0.557. The number of hydrogen-bond donors (Lipinski definition) is 1. The van der Waals surface area contributed by atoms with Gasteiger partial charge >= 0.3 is 0 Å². The van der Waals surface area contributed by atoms with E-state index in [1.54, 1.807) is 12.1 Å². The van der Waals surface area contributed by atoms with Gasteiger partial charge in [0.2, 0.25) is 11.8 Å². The van der Waals surface area contributed by atoms with Gasteiger partial charge in [-0.15, -0.1) is 0 Å². The van der Waals surface area contributed by atoms with Gasteiger partial charge in [0.15, 0.2) is 0 Å². The molecule has 0 aliphatic carbocycles. The van der Waals surface area contributed by atoms with Crippen LogP contribution >= 0.6 is 0 Å². The molecule has 0 bridgehead atoms. The lowest BCUT2D eigenvalue weighted by Gasteiger charge is -2.31. The van der Waals surface area contributed by atoms with Crippen molar-refractivity contribution in [1.82, 2.24) is 14.5 Å². The molecule has 1 heterocycles. The second kappa shape index (κ2) is 10.8. The Labute approximate surface area is 201 Å². The zero-order valence-corrected chi connectivity index (χ0v) is 20.6. The van der Waals surface area contributed by atoms with Crippen LogP contribution in [0.15, 0.2) is 53.4 Å². The Kier molecular flexibility index (Phi) is 8.09. The average Bonchev–Trinajstić information content (AvgIpc) is 3.02. The van der Waals surface area contributed by atoms with Gasteiger partial charge in [-0.05, 0) is 43.0 Å². The van der Waals surface area contributed by atoms with Gasteiger partial charge in [-0.2, -0.15) is 0 Å². The molecule has 0 saturated heterocycles. The Morgan fingerprint density at radius 2 is 1.74 bits per heavy atom. The van der Waals surface area contributed by atoms with Crippen molar-refractivity contribution in [2.45, 2.75) is 57.5 Å². The van der Waals surface area contributed by atoms with Crippen LogP contribution in [-0.2, 0) is 26.2 Å². The minimum Gasteiger partial charge on any atom is -0.354 e. The van der Waals surface area contributed by atoms with E-state index in [1.807, 2.05) is 45.0 Å². The molecule has 1 N–H and O–H groups in total. The van der Waals surface area contributed by atoms with Crippen LogP contribution in [0.25, 0.3) is 0 Å². The molecule has 2 aromatic carbocycles. The Bertz CT molecular complexity index is 1180. The fourth-order valence-electron chi connectivity index (χ4n) is 4.05. The number of nitrogens with one attached hydrogen (secondary N) is 1. The molecular weight excluding hydrogens is 454 g/mol. The second-order valence-corrected chi connectivity index (χ2v) is 10.1. The van der Waals surface area contributed by atoms with E-state index in [1.165, 1.54) is 17.0 Å². The lowest BCUT2D eigenvalue weighted by atomic mass is 10.1. The molecular formula is C25H31N3O5S. The molecule has 0 spiro atoms. The Morgan fingerprint density at radius 1 is 1.06 bits per heavy atom. The number of aryl methyl sites for hydroxylation is 1. The minimum absolute atomic E-state index is 0.0467. The molecule has 1 aliphatic rings. The maximum absolute atomic E-state index is 13.4. The third-order valence-corrected chi connectivity index (χ3v) is 7.82. The average molecular weight is 486 g/mol. The first kappa shape index (κ1) is 25.4. The van der Waals surface area contributed by atoms with E-state index in [4.69, 9.17) is 0 Å². The number of sulfonamides is 1. The summed E-state index contributed by atoms with van der Waals surface area (Å²) in [7, 11) is -4.00. The van der Waals surface area contributed by atoms with Gasteiger partial charge in [0.05, 0.1) is 5.56 Å². The molecule has 0 unspecified atom stereocenters. The van der Waals surface area contributed by atoms with Crippen LogP contribution < -0.4 is 5.32 Å². The van der Waals surface area contributed by atoms with Crippen molar-refractivity contribution in [3.8, 4) is 0 Å². The number of carbonyl (C=O) groups excluding carboxylic acids is 3. The van der Waals surface area contributed by atoms with E-state index < -0.39 is 22.0 Å². The number of carbonyl (C=O) groups is 3. The molecule has 34 heavy (non-hydrogen) atoms. The van der Waals surface area contributed by atoms with Crippen molar-refractivity contribution in [3.05, 3.63) is 65.2 Å². The minimum atomic E-state index is -4.00. The van der Waals surface area contributed by atoms with Crippen LogP contribution in [0.2, 0.25) is 0 Å². The number of benzene rings is 2. The number of hydrogen-bond acceptors (Lipinski definition) is 5. The van der Waals surface area contributed by atoms with Gasteiger partial charge < -0.3 is 10.2 Å². The third-order valence-electron chi connectivity index (χ3n) is 5.98. The summed E-state index contributed by atoms with van der Waals surface area (Å²) in [6.45, 7) is 6.14. The van der Waals surface area contributed by atoms with Crippen LogP contribution in [0.5, 0.6) is 0 Å². The van der Waals surface area contributed by atoms with Crippen molar-refractivity contribution in [2.75, 3.05) is 13.1 Å². The molecule has 3 amide bonds.